The van der Waals surface area contributed by atoms with Crippen LogP contribution in [0.15, 0.2) is 18.2 Å². The number of carbonyl (C=O) groups excluding carboxylic acids is 1. The van der Waals surface area contributed by atoms with Gasteiger partial charge in [0.25, 0.3) is 5.91 Å². The lowest BCUT2D eigenvalue weighted by Gasteiger charge is -2.02. The smallest absolute Gasteiger partial charge is 0.300 e. The molecule has 4 heteroatoms. The van der Waals surface area contributed by atoms with Gasteiger partial charge in [-0.1, -0.05) is 0 Å². The van der Waals surface area contributed by atoms with Crippen LogP contribution in [-0.2, 0) is 4.79 Å². The summed E-state index contributed by atoms with van der Waals surface area (Å²) >= 11 is 0. The zero-order valence-corrected chi connectivity index (χ0v) is 6.54. The predicted molar refractivity (Wildman–Crippen MR) is 45.5 cm³/mol. The van der Waals surface area contributed by atoms with Gasteiger partial charge in [-0.2, -0.15) is 0 Å². The number of carbonyl (C=O) groups is 1. The first kappa shape index (κ1) is 9.07. The van der Waals surface area contributed by atoms with Crippen molar-refractivity contribution in [2.75, 3.05) is 5.32 Å². The van der Waals surface area contributed by atoms with Crippen molar-refractivity contribution in [1.29, 1.82) is 0 Å². The number of aromatic hydroxyl groups is 1. The van der Waals surface area contributed by atoms with E-state index in [1.807, 2.05) is 0 Å². The number of amides is 1. The Morgan fingerprint density at radius 2 is 2.31 bits per heavy atom. The van der Waals surface area contributed by atoms with Crippen molar-refractivity contribution < 1.29 is 14.3 Å². The van der Waals surface area contributed by atoms with Crippen LogP contribution in [0.5, 0.6) is 5.75 Å². The number of phenols is 1. The monoisotopic (exact) mass is 179 g/mol. The minimum absolute atomic E-state index is 0.0549. The molecule has 0 heterocycles. The Hall–Kier alpha value is -2.02. The number of hydrogen-bond acceptors (Lipinski definition) is 2. The van der Waals surface area contributed by atoms with Crippen LogP contribution >= 0.6 is 0 Å². The second kappa shape index (κ2) is 3.59. The molecule has 0 aliphatic rings. The largest absolute Gasteiger partial charge is 0.508 e. The van der Waals surface area contributed by atoms with Gasteiger partial charge in [-0.15, -0.1) is 6.42 Å². The SMILES string of the molecule is C#CC(=O)Nc1ccc(O)cc1F. The highest BCUT2D eigenvalue weighted by Gasteiger charge is 2.04. The maximum Gasteiger partial charge on any atom is 0.300 e. The van der Waals surface area contributed by atoms with E-state index in [-0.39, 0.29) is 11.4 Å². The molecule has 0 atom stereocenters. The zero-order chi connectivity index (χ0) is 9.84. The molecule has 0 saturated carbocycles. The van der Waals surface area contributed by atoms with Crippen LogP contribution in [0.2, 0.25) is 0 Å². The molecule has 1 rings (SSSR count). The molecule has 1 amide bonds. The second-order valence-corrected chi connectivity index (χ2v) is 2.26. The van der Waals surface area contributed by atoms with E-state index in [4.69, 9.17) is 11.5 Å². The number of terminal acetylenes is 1. The summed E-state index contributed by atoms with van der Waals surface area (Å²) < 4.78 is 12.9. The highest BCUT2D eigenvalue weighted by atomic mass is 19.1. The lowest BCUT2D eigenvalue weighted by Crippen LogP contribution is -2.09. The summed E-state index contributed by atoms with van der Waals surface area (Å²) in [6, 6.07) is 3.35. The van der Waals surface area contributed by atoms with Crippen LogP contribution in [0.1, 0.15) is 0 Å². The van der Waals surface area contributed by atoms with Crippen LogP contribution in [-0.4, -0.2) is 11.0 Å². The molecule has 3 nitrogen and oxygen atoms in total. The van der Waals surface area contributed by atoms with Gasteiger partial charge in [0.15, 0.2) is 0 Å². The normalized spacial score (nSPS) is 8.92. The summed E-state index contributed by atoms with van der Waals surface area (Å²) in [6.07, 6.45) is 4.77. The molecule has 0 aliphatic carbocycles. The Morgan fingerprint density at radius 1 is 1.62 bits per heavy atom. The quantitative estimate of drug-likeness (QED) is 0.501. The summed E-state index contributed by atoms with van der Waals surface area (Å²) in [5.41, 5.74) is -0.0549. The van der Waals surface area contributed by atoms with E-state index in [1.54, 1.807) is 5.92 Å². The average molecular weight is 179 g/mol. The molecule has 0 aromatic heterocycles. The van der Waals surface area contributed by atoms with E-state index in [2.05, 4.69) is 5.32 Å². The lowest BCUT2D eigenvalue weighted by molar-refractivity contribution is -0.111. The number of benzene rings is 1. The fourth-order valence-corrected chi connectivity index (χ4v) is 0.764. The van der Waals surface area contributed by atoms with Crippen molar-refractivity contribution >= 4 is 11.6 Å². The Morgan fingerprint density at radius 3 is 2.85 bits per heavy atom. The van der Waals surface area contributed by atoms with Gasteiger partial charge in [0, 0.05) is 6.07 Å². The van der Waals surface area contributed by atoms with Gasteiger partial charge in [-0.25, -0.2) is 4.39 Å². The molecule has 1 aromatic rings. The summed E-state index contributed by atoms with van der Waals surface area (Å²) in [7, 11) is 0. The van der Waals surface area contributed by atoms with Crippen LogP contribution in [0.4, 0.5) is 10.1 Å². The molecule has 13 heavy (non-hydrogen) atoms. The lowest BCUT2D eigenvalue weighted by atomic mass is 10.3. The molecule has 66 valence electrons. The number of hydrogen-bond donors (Lipinski definition) is 2. The zero-order valence-electron chi connectivity index (χ0n) is 6.54. The fraction of sp³-hybridized carbons (Fsp3) is 0. The van der Waals surface area contributed by atoms with Crippen molar-refractivity contribution in [3.8, 4) is 18.1 Å². The number of nitrogens with one attached hydrogen (secondary N) is 1. The van der Waals surface area contributed by atoms with Gasteiger partial charge < -0.3 is 10.4 Å². The predicted octanol–water partition coefficient (Wildman–Crippen LogP) is 1.10. The highest BCUT2D eigenvalue weighted by Crippen LogP contribution is 2.18. The van der Waals surface area contributed by atoms with E-state index in [9.17, 15) is 9.18 Å². The van der Waals surface area contributed by atoms with Crippen LogP contribution in [0, 0.1) is 18.2 Å². The summed E-state index contributed by atoms with van der Waals surface area (Å²) in [4.78, 5) is 10.6. The second-order valence-electron chi connectivity index (χ2n) is 2.26. The van der Waals surface area contributed by atoms with E-state index in [1.165, 1.54) is 12.1 Å². The number of rotatable bonds is 1. The van der Waals surface area contributed by atoms with Crippen LogP contribution in [0.25, 0.3) is 0 Å². The van der Waals surface area contributed by atoms with Gasteiger partial charge in [0.05, 0.1) is 5.69 Å². The molecule has 0 bridgehead atoms. The van der Waals surface area contributed by atoms with Crippen molar-refractivity contribution in [3.63, 3.8) is 0 Å². The Kier molecular flexibility index (Phi) is 2.50. The molecule has 0 spiro atoms. The minimum atomic E-state index is -0.733. The number of phenolic OH excluding ortho intramolecular Hbond substituents is 1. The highest BCUT2D eigenvalue weighted by molar-refractivity contribution is 6.03. The average Bonchev–Trinajstić information content (AvgIpc) is 2.09. The Balaban J connectivity index is 2.91. The molecular formula is C9H6FNO2. The van der Waals surface area contributed by atoms with Crippen molar-refractivity contribution in [3.05, 3.63) is 24.0 Å². The first-order valence-corrected chi connectivity index (χ1v) is 3.39. The minimum Gasteiger partial charge on any atom is -0.508 e. The molecule has 0 aliphatic heterocycles. The van der Waals surface area contributed by atoms with E-state index in [0.717, 1.165) is 6.07 Å². The van der Waals surface area contributed by atoms with Gasteiger partial charge in [0.2, 0.25) is 0 Å². The van der Waals surface area contributed by atoms with Gasteiger partial charge in [-0.05, 0) is 18.1 Å². The summed E-state index contributed by atoms with van der Waals surface area (Å²) in [5, 5.41) is 11.0. The Bertz CT molecular complexity index is 382. The molecule has 0 saturated heterocycles. The fourth-order valence-electron chi connectivity index (χ4n) is 0.764. The molecule has 0 radical (unpaired) electrons. The molecule has 2 N–H and O–H groups in total. The van der Waals surface area contributed by atoms with E-state index < -0.39 is 11.7 Å². The molecule has 1 aromatic carbocycles. The standard InChI is InChI=1S/C9H6FNO2/c1-2-9(13)11-8-4-3-6(12)5-7(8)10/h1,3-5,12H,(H,11,13). The van der Waals surface area contributed by atoms with Crippen molar-refractivity contribution in [1.82, 2.24) is 0 Å². The third kappa shape index (κ3) is 2.20. The third-order valence-electron chi connectivity index (χ3n) is 1.33. The number of halogens is 1. The van der Waals surface area contributed by atoms with Crippen molar-refractivity contribution in [2.45, 2.75) is 0 Å². The summed E-state index contributed by atoms with van der Waals surface area (Å²) in [6.45, 7) is 0. The Labute approximate surface area is 74.2 Å². The first-order valence-electron chi connectivity index (χ1n) is 3.39. The summed E-state index contributed by atoms with van der Waals surface area (Å²) in [5.74, 6) is 0.0996. The first-order chi connectivity index (χ1) is 6.13. The van der Waals surface area contributed by atoms with Gasteiger partial charge in [-0.3, -0.25) is 4.79 Å². The molecule has 0 unspecified atom stereocenters. The van der Waals surface area contributed by atoms with E-state index >= 15 is 0 Å². The van der Waals surface area contributed by atoms with Gasteiger partial charge in [0.1, 0.15) is 11.6 Å². The van der Waals surface area contributed by atoms with Crippen LogP contribution in [0.3, 0.4) is 0 Å². The molecule has 0 fully saturated rings. The van der Waals surface area contributed by atoms with Crippen molar-refractivity contribution in [2.24, 2.45) is 0 Å². The third-order valence-corrected chi connectivity index (χ3v) is 1.33. The number of anilines is 1. The van der Waals surface area contributed by atoms with E-state index in [0.29, 0.717) is 0 Å². The molecular weight excluding hydrogens is 173 g/mol. The van der Waals surface area contributed by atoms with Gasteiger partial charge >= 0.3 is 0 Å². The van der Waals surface area contributed by atoms with Crippen LogP contribution < -0.4 is 5.32 Å². The maximum absolute atomic E-state index is 12.9. The maximum atomic E-state index is 12.9. The topological polar surface area (TPSA) is 49.3 Å².